The summed E-state index contributed by atoms with van der Waals surface area (Å²) in [4.78, 5) is 0. The SMILES string of the molecule is CC(C)C1OC(C)(/C=C/c2ccccc2)OCC1(C)C. The van der Waals surface area contributed by atoms with Crippen molar-refractivity contribution in [2.24, 2.45) is 11.3 Å². The summed E-state index contributed by atoms with van der Waals surface area (Å²) >= 11 is 0. The van der Waals surface area contributed by atoms with E-state index in [9.17, 15) is 0 Å². The van der Waals surface area contributed by atoms with Crippen LogP contribution in [0.25, 0.3) is 6.08 Å². The van der Waals surface area contributed by atoms with E-state index in [4.69, 9.17) is 9.47 Å². The van der Waals surface area contributed by atoms with Crippen LogP contribution in [-0.4, -0.2) is 18.5 Å². The van der Waals surface area contributed by atoms with E-state index in [1.54, 1.807) is 0 Å². The molecule has 2 rings (SSSR count). The van der Waals surface area contributed by atoms with Crippen molar-refractivity contribution in [1.29, 1.82) is 0 Å². The molecule has 1 saturated heterocycles. The van der Waals surface area contributed by atoms with E-state index in [0.29, 0.717) is 12.5 Å². The number of hydrogen-bond donors (Lipinski definition) is 0. The Bertz CT molecular complexity index is 462. The van der Waals surface area contributed by atoms with Gasteiger partial charge in [-0.05, 0) is 24.5 Å². The van der Waals surface area contributed by atoms with Gasteiger partial charge in [0.05, 0.1) is 12.7 Å². The molecule has 0 radical (unpaired) electrons. The molecule has 0 saturated carbocycles. The zero-order valence-electron chi connectivity index (χ0n) is 13.2. The van der Waals surface area contributed by atoms with E-state index < -0.39 is 5.79 Å². The van der Waals surface area contributed by atoms with Crippen LogP contribution < -0.4 is 0 Å². The largest absolute Gasteiger partial charge is 0.346 e. The molecule has 1 aromatic carbocycles. The van der Waals surface area contributed by atoms with Crippen molar-refractivity contribution in [3.63, 3.8) is 0 Å². The average molecular weight is 274 g/mol. The summed E-state index contributed by atoms with van der Waals surface area (Å²) in [6.07, 6.45) is 4.28. The zero-order valence-corrected chi connectivity index (χ0v) is 13.2. The molecule has 1 aliphatic rings. The molecule has 1 fully saturated rings. The van der Waals surface area contributed by atoms with E-state index >= 15 is 0 Å². The molecule has 0 spiro atoms. The van der Waals surface area contributed by atoms with Crippen molar-refractivity contribution >= 4 is 6.08 Å². The second kappa shape index (κ2) is 5.71. The topological polar surface area (TPSA) is 18.5 Å². The monoisotopic (exact) mass is 274 g/mol. The minimum absolute atomic E-state index is 0.0499. The predicted octanol–water partition coefficient (Wildman–Crippen LogP) is 4.51. The molecule has 0 aliphatic carbocycles. The fourth-order valence-corrected chi connectivity index (χ4v) is 2.79. The highest BCUT2D eigenvalue weighted by molar-refractivity contribution is 5.49. The highest BCUT2D eigenvalue weighted by Crippen LogP contribution is 2.39. The van der Waals surface area contributed by atoms with Gasteiger partial charge in [0.2, 0.25) is 0 Å². The van der Waals surface area contributed by atoms with Crippen LogP contribution in [0.4, 0.5) is 0 Å². The zero-order chi connectivity index (χ0) is 14.8. The van der Waals surface area contributed by atoms with Crippen LogP contribution in [0, 0.1) is 11.3 Å². The highest BCUT2D eigenvalue weighted by Gasteiger charge is 2.44. The van der Waals surface area contributed by atoms with Crippen LogP contribution in [0.3, 0.4) is 0 Å². The first kappa shape index (κ1) is 15.3. The molecular formula is C18H26O2. The van der Waals surface area contributed by atoms with Gasteiger partial charge in [0, 0.05) is 5.41 Å². The molecule has 110 valence electrons. The standard InChI is InChI=1S/C18H26O2/c1-14(2)16-17(3,4)13-19-18(5,20-16)12-11-15-9-7-6-8-10-15/h6-12,14,16H,13H2,1-5H3/b12-11+. The van der Waals surface area contributed by atoms with Gasteiger partial charge in [-0.1, -0.05) is 64.1 Å². The second-order valence-corrected chi connectivity index (χ2v) is 6.82. The Morgan fingerprint density at radius 3 is 2.40 bits per heavy atom. The molecule has 0 amide bonds. The number of benzene rings is 1. The molecule has 2 unspecified atom stereocenters. The van der Waals surface area contributed by atoms with Crippen molar-refractivity contribution in [3.05, 3.63) is 42.0 Å². The first-order valence-corrected chi connectivity index (χ1v) is 7.38. The Labute approximate surface area is 122 Å². The lowest BCUT2D eigenvalue weighted by Gasteiger charge is -2.47. The highest BCUT2D eigenvalue weighted by atomic mass is 16.7. The molecule has 0 bridgehead atoms. The molecule has 2 heteroatoms. The van der Waals surface area contributed by atoms with E-state index in [1.165, 1.54) is 0 Å². The summed E-state index contributed by atoms with van der Waals surface area (Å²) in [5.41, 5.74) is 1.21. The van der Waals surface area contributed by atoms with Gasteiger partial charge in [0.15, 0.2) is 5.79 Å². The Morgan fingerprint density at radius 1 is 1.15 bits per heavy atom. The van der Waals surface area contributed by atoms with Gasteiger partial charge in [-0.3, -0.25) is 0 Å². The third-order valence-corrected chi connectivity index (χ3v) is 3.85. The molecule has 2 atom stereocenters. The summed E-state index contributed by atoms with van der Waals surface area (Å²) in [6.45, 7) is 11.5. The van der Waals surface area contributed by atoms with Crippen LogP contribution in [0.2, 0.25) is 0 Å². The van der Waals surface area contributed by atoms with Crippen LogP contribution in [0.5, 0.6) is 0 Å². The minimum Gasteiger partial charge on any atom is -0.346 e. The third kappa shape index (κ3) is 3.50. The minimum atomic E-state index is -0.639. The lowest BCUT2D eigenvalue weighted by atomic mass is 9.80. The maximum Gasteiger partial charge on any atom is 0.185 e. The van der Waals surface area contributed by atoms with E-state index in [0.717, 1.165) is 5.56 Å². The molecule has 0 aromatic heterocycles. The number of rotatable bonds is 3. The van der Waals surface area contributed by atoms with Crippen LogP contribution >= 0.6 is 0 Å². The van der Waals surface area contributed by atoms with Gasteiger partial charge >= 0.3 is 0 Å². The van der Waals surface area contributed by atoms with Crippen molar-refractivity contribution in [3.8, 4) is 0 Å². The molecular weight excluding hydrogens is 248 g/mol. The van der Waals surface area contributed by atoms with Gasteiger partial charge in [-0.15, -0.1) is 0 Å². The van der Waals surface area contributed by atoms with Gasteiger partial charge < -0.3 is 9.47 Å². The molecule has 1 aromatic rings. The number of hydrogen-bond acceptors (Lipinski definition) is 2. The Morgan fingerprint density at radius 2 is 1.80 bits per heavy atom. The second-order valence-electron chi connectivity index (χ2n) is 6.82. The molecule has 2 nitrogen and oxygen atoms in total. The van der Waals surface area contributed by atoms with Crippen molar-refractivity contribution in [2.45, 2.75) is 46.5 Å². The lowest BCUT2D eigenvalue weighted by molar-refractivity contribution is -0.304. The summed E-state index contributed by atoms with van der Waals surface area (Å²) in [7, 11) is 0. The Kier molecular flexibility index (Phi) is 4.36. The van der Waals surface area contributed by atoms with E-state index in [1.807, 2.05) is 31.2 Å². The number of ether oxygens (including phenoxy) is 2. The first-order chi connectivity index (χ1) is 9.32. The van der Waals surface area contributed by atoms with Crippen LogP contribution in [0.1, 0.15) is 40.2 Å². The van der Waals surface area contributed by atoms with E-state index in [-0.39, 0.29) is 11.5 Å². The van der Waals surface area contributed by atoms with Gasteiger partial charge in [-0.25, -0.2) is 0 Å². The fraction of sp³-hybridized carbons (Fsp3) is 0.556. The normalized spacial score (nSPS) is 30.0. The molecule has 1 aliphatic heterocycles. The van der Waals surface area contributed by atoms with Crippen LogP contribution in [0.15, 0.2) is 36.4 Å². The van der Waals surface area contributed by atoms with E-state index in [2.05, 4.69) is 45.9 Å². The predicted molar refractivity (Wildman–Crippen MR) is 83.3 cm³/mol. The maximum absolute atomic E-state index is 6.26. The van der Waals surface area contributed by atoms with Crippen molar-refractivity contribution < 1.29 is 9.47 Å². The summed E-state index contributed by atoms with van der Waals surface area (Å²) in [6, 6.07) is 10.2. The average Bonchev–Trinajstić information content (AvgIpc) is 2.41. The molecule has 0 N–H and O–H groups in total. The van der Waals surface area contributed by atoms with Crippen molar-refractivity contribution in [1.82, 2.24) is 0 Å². The summed E-state index contributed by atoms with van der Waals surface area (Å²) < 4.78 is 12.2. The van der Waals surface area contributed by atoms with Crippen molar-refractivity contribution in [2.75, 3.05) is 6.61 Å². The smallest absolute Gasteiger partial charge is 0.185 e. The van der Waals surface area contributed by atoms with Gasteiger partial charge in [0.1, 0.15) is 0 Å². The first-order valence-electron chi connectivity index (χ1n) is 7.38. The lowest BCUT2D eigenvalue weighted by Crippen LogP contribution is -2.52. The third-order valence-electron chi connectivity index (χ3n) is 3.85. The quantitative estimate of drug-likeness (QED) is 0.807. The fourth-order valence-electron chi connectivity index (χ4n) is 2.79. The molecule has 1 heterocycles. The van der Waals surface area contributed by atoms with Crippen LogP contribution in [-0.2, 0) is 9.47 Å². The Hall–Kier alpha value is -1.12. The summed E-state index contributed by atoms with van der Waals surface area (Å²) in [5, 5.41) is 0. The summed E-state index contributed by atoms with van der Waals surface area (Å²) in [5.74, 6) is -0.168. The molecule has 20 heavy (non-hydrogen) atoms. The van der Waals surface area contributed by atoms with Gasteiger partial charge in [-0.2, -0.15) is 0 Å². The Balaban J connectivity index is 2.13. The maximum atomic E-state index is 6.26. The van der Waals surface area contributed by atoms with Gasteiger partial charge in [0.25, 0.3) is 0 Å².